The fourth-order valence-electron chi connectivity index (χ4n) is 3.57. The van der Waals surface area contributed by atoms with Crippen LogP contribution in [0.15, 0.2) is 54.7 Å². The van der Waals surface area contributed by atoms with Crippen LogP contribution in [0.5, 0.6) is 0 Å². The van der Waals surface area contributed by atoms with Crippen molar-refractivity contribution in [1.82, 2.24) is 10.3 Å². The molecule has 1 aromatic heterocycles. The molecule has 0 amide bonds. The molecule has 4 rings (SSSR count). The summed E-state index contributed by atoms with van der Waals surface area (Å²) in [6, 6.07) is 15.9. The highest BCUT2D eigenvalue weighted by molar-refractivity contribution is 7.80. The number of nitrogens with one attached hydrogen (secondary N) is 2. The molecule has 1 fully saturated rings. The maximum atomic E-state index is 6.30. The summed E-state index contributed by atoms with van der Waals surface area (Å²) in [4.78, 5) is 6.82. The van der Waals surface area contributed by atoms with Crippen molar-refractivity contribution in [3.63, 3.8) is 0 Å². The van der Waals surface area contributed by atoms with Crippen molar-refractivity contribution >= 4 is 62.8 Å². The SMILES string of the molecule is S=C(Nc1ccccc1Cl)NC1CCN(c2ccnc3c(Cl)cccc23)CC1. The fourth-order valence-corrected chi connectivity index (χ4v) is 4.26. The van der Waals surface area contributed by atoms with Crippen molar-refractivity contribution in [2.75, 3.05) is 23.3 Å². The first-order valence-electron chi connectivity index (χ1n) is 9.22. The van der Waals surface area contributed by atoms with Crippen LogP contribution in [-0.2, 0) is 0 Å². The summed E-state index contributed by atoms with van der Waals surface area (Å²) in [5.74, 6) is 0. The Morgan fingerprint density at radius 1 is 1.00 bits per heavy atom. The average molecular weight is 431 g/mol. The maximum Gasteiger partial charge on any atom is 0.171 e. The summed E-state index contributed by atoms with van der Waals surface area (Å²) in [5.41, 5.74) is 2.86. The minimum Gasteiger partial charge on any atom is -0.371 e. The highest BCUT2D eigenvalue weighted by Crippen LogP contribution is 2.31. The molecule has 2 heterocycles. The zero-order valence-electron chi connectivity index (χ0n) is 15.2. The minimum atomic E-state index is 0.329. The first-order valence-corrected chi connectivity index (χ1v) is 10.4. The zero-order chi connectivity index (χ0) is 19.5. The number of para-hydroxylation sites is 2. The summed E-state index contributed by atoms with van der Waals surface area (Å²) in [7, 11) is 0. The Morgan fingerprint density at radius 3 is 2.54 bits per heavy atom. The second-order valence-electron chi connectivity index (χ2n) is 6.81. The number of benzene rings is 2. The number of pyridine rings is 1. The van der Waals surface area contributed by atoms with Gasteiger partial charge in [-0.3, -0.25) is 4.98 Å². The van der Waals surface area contributed by atoms with Crippen LogP contribution >= 0.6 is 35.4 Å². The summed E-state index contributed by atoms with van der Waals surface area (Å²) in [6.45, 7) is 1.88. The van der Waals surface area contributed by atoms with Gasteiger partial charge in [0, 0.05) is 36.4 Å². The van der Waals surface area contributed by atoms with Gasteiger partial charge in [-0.1, -0.05) is 47.5 Å². The van der Waals surface area contributed by atoms with Crippen molar-refractivity contribution in [3.05, 3.63) is 64.8 Å². The van der Waals surface area contributed by atoms with Gasteiger partial charge in [-0.25, -0.2) is 0 Å². The Hall–Kier alpha value is -2.08. The lowest BCUT2D eigenvalue weighted by atomic mass is 10.0. The van der Waals surface area contributed by atoms with Gasteiger partial charge in [0.15, 0.2) is 5.11 Å². The number of rotatable bonds is 3. The standard InChI is InChI=1S/C21H20Cl2N4S/c22-16-5-1-2-7-18(16)26-21(28)25-14-9-12-27(13-10-14)19-8-11-24-20-15(19)4-3-6-17(20)23/h1-8,11,14H,9-10,12-13H2,(H2,25,26,28). The van der Waals surface area contributed by atoms with E-state index in [1.165, 1.54) is 5.69 Å². The maximum absolute atomic E-state index is 6.30. The lowest BCUT2D eigenvalue weighted by Crippen LogP contribution is -2.46. The molecule has 0 radical (unpaired) electrons. The smallest absolute Gasteiger partial charge is 0.171 e. The molecule has 3 aromatic rings. The first kappa shape index (κ1) is 19.2. The number of hydrogen-bond donors (Lipinski definition) is 2. The number of hydrogen-bond acceptors (Lipinski definition) is 3. The Kier molecular flexibility index (Phi) is 5.85. The molecule has 0 saturated carbocycles. The number of aromatic nitrogens is 1. The molecule has 0 bridgehead atoms. The number of fused-ring (bicyclic) bond motifs is 1. The van der Waals surface area contributed by atoms with Gasteiger partial charge in [0.05, 0.1) is 21.2 Å². The van der Waals surface area contributed by atoms with Crippen LogP contribution in [-0.4, -0.2) is 29.2 Å². The molecule has 2 N–H and O–H groups in total. The lowest BCUT2D eigenvalue weighted by Gasteiger charge is -2.35. The van der Waals surface area contributed by atoms with Gasteiger partial charge >= 0.3 is 0 Å². The second-order valence-corrected chi connectivity index (χ2v) is 8.03. The summed E-state index contributed by atoms with van der Waals surface area (Å²) in [5, 5.41) is 9.64. The summed E-state index contributed by atoms with van der Waals surface area (Å²) in [6.07, 6.45) is 3.82. The summed E-state index contributed by atoms with van der Waals surface area (Å²) < 4.78 is 0. The van der Waals surface area contributed by atoms with E-state index in [-0.39, 0.29) is 0 Å². The second kappa shape index (κ2) is 8.52. The van der Waals surface area contributed by atoms with Crippen LogP contribution < -0.4 is 15.5 Å². The van der Waals surface area contributed by atoms with E-state index >= 15 is 0 Å². The van der Waals surface area contributed by atoms with Crippen LogP contribution in [0.3, 0.4) is 0 Å². The Bertz CT molecular complexity index is 1000. The van der Waals surface area contributed by atoms with Gasteiger partial charge < -0.3 is 15.5 Å². The number of nitrogens with zero attached hydrogens (tertiary/aromatic N) is 2. The highest BCUT2D eigenvalue weighted by Gasteiger charge is 2.21. The van der Waals surface area contributed by atoms with E-state index in [1.54, 1.807) is 0 Å². The van der Waals surface area contributed by atoms with Crippen molar-refractivity contribution in [1.29, 1.82) is 0 Å². The number of anilines is 2. The molecule has 0 aliphatic carbocycles. The number of thiocarbonyl (C=S) groups is 1. The van der Waals surface area contributed by atoms with Gasteiger partial charge in [0.25, 0.3) is 0 Å². The highest BCUT2D eigenvalue weighted by atomic mass is 35.5. The monoisotopic (exact) mass is 430 g/mol. The molecule has 2 aromatic carbocycles. The van der Waals surface area contributed by atoms with Gasteiger partial charge in [0.2, 0.25) is 0 Å². The number of halogens is 2. The van der Waals surface area contributed by atoms with Crippen LogP contribution in [0, 0.1) is 0 Å². The predicted molar refractivity (Wildman–Crippen MR) is 123 cm³/mol. The van der Waals surface area contributed by atoms with Crippen LogP contribution in [0.1, 0.15) is 12.8 Å². The van der Waals surface area contributed by atoms with Crippen molar-refractivity contribution in [2.45, 2.75) is 18.9 Å². The fraction of sp³-hybridized carbons (Fsp3) is 0.238. The third-order valence-corrected chi connectivity index (χ3v) is 5.85. The molecule has 1 aliphatic rings. The quantitative estimate of drug-likeness (QED) is 0.536. The molecule has 144 valence electrons. The van der Waals surface area contributed by atoms with Crippen molar-refractivity contribution in [3.8, 4) is 0 Å². The molecule has 0 spiro atoms. The molecular formula is C21H20Cl2N4S. The van der Waals surface area contributed by atoms with E-state index in [0.29, 0.717) is 21.2 Å². The Labute approximate surface area is 179 Å². The van der Waals surface area contributed by atoms with Crippen LogP contribution in [0.4, 0.5) is 11.4 Å². The van der Waals surface area contributed by atoms with Gasteiger partial charge in [-0.2, -0.15) is 0 Å². The Balaban J connectivity index is 1.38. The van der Waals surface area contributed by atoms with Gasteiger partial charge in [0.1, 0.15) is 0 Å². The van der Waals surface area contributed by atoms with Crippen LogP contribution in [0.2, 0.25) is 10.0 Å². The minimum absolute atomic E-state index is 0.329. The van der Waals surface area contributed by atoms with Crippen LogP contribution in [0.25, 0.3) is 10.9 Å². The molecule has 0 unspecified atom stereocenters. The topological polar surface area (TPSA) is 40.2 Å². The van der Waals surface area contributed by atoms with E-state index < -0.39 is 0 Å². The molecule has 28 heavy (non-hydrogen) atoms. The van der Waals surface area contributed by atoms with Crippen molar-refractivity contribution in [2.24, 2.45) is 0 Å². The predicted octanol–water partition coefficient (Wildman–Crippen LogP) is 5.50. The lowest BCUT2D eigenvalue weighted by molar-refractivity contribution is 0.468. The van der Waals surface area contributed by atoms with E-state index in [1.807, 2.05) is 42.6 Å². The first-order chi connectivity index (χ1) is 13.6. The molecule has 1 aliphatic heterocycles. The van der Waals surface area contributed by atoms with E-state index in [4.69, 9.17) is 35.4 Å². The third-order valence-electron chi connectivity index (χ3n) is 4.99. The third kappa shape index (κ3) is 4.17. The van der Waals surface area contributed by atoms with Gasteiger partial charge in [-0.05, 0) is 49.3 Å². The zero-order valence-corrected chi connectivity index (χ0v) is 17.5. The molecular weight excluding hydrogens is 411 g/mol. The number of piperidine rings is 1. The molecule has 7 heteroatoms. The summed E-state index contributed by atoms with van der Waals surface area (Å²) >= 11 is 17.9. The van der Waals surface area contributed by atoms with E-state index in [9.17, 15) is 0 Å². The Morgan fingerprint density at radius 2 is 1.75 bits per heavy atom. The molecule has 4 nitrogen and oxygen atoms in total. The van der Waals surface area contributed by atoms with Gasteiger partial charge in [-0.15, -0.1) is 0 Å². The normalized spacial score (nSPS) is 14.9. The van der Waals surface area contributed by atoms with E-state index in [2.05, 4.69) is 32.7 Å². The average Bonchev–Trinajstić information content (AvgIpc) is 2.70. The molecule has 1 saturated heterocycles. The van der Waals surface area contributed by atoms with Crippen molar-refractivity contribution < 1.29 is 0 Å². The van der Waals surface area contributed by atoms with E-state index in [0.717, 1.165) is 42.5 Å². The largest absolute Gasteiger partial charge is 0.371 e. The molecule has 0 atom stereocenters.